The molecule has 1 spiro atoms. The average Bonchev–Trinajstić information content (AvgIpc) is 2.71. The quantitative estimate of drug-likeness (QED) is 0.576. The number of hydrogen-bond donors (Lipinski definition) is 1. The summed E-state index contributed by atoms with van der Waals surface area (Å²) >= 11 is 0. The van der Waals surface area contributed by atoms with Crippen LogP contribution in [0.1, 0.15) is 38.7 Å². The van der Waals surface area contributed by atoms with Crippen LogP contribution in [-0.4, -0.2) is 65.9 Å². The number of esters is 1. The minimum atomic E-state index is -0.797. The molecule has 29 heavy (non-hydrogen) atoms. The van der Waals surface area contributed by atoms with Gasteiger partial charge in [-0.2, -0.15) is 0 Å². The molecular formula is C22H31N3O4. The normalized spacial score (nSPS) is 22.3. The molecule has 2 heterocycles. The molecule has 2 fully saturated rings. The molecule has 2 aliphatic heterocycles. The second-order valence-electron chi connectivity index (χ2n) is 8.48. The summed E-state index contributed by atoms with van der Waals surface area (Å²) < 4.78 is 4.71. The monoisotopic (exact) mass is 401 g/mol. The molecule has 7 heteroatoms. The number of carbonyl (C=O) groups excluding carboxylic acids is 3. The molecule has 0 aromatic heterocycles. The molecule has 3 rings (SSSR count). The first-order valence-corrected chi connectivity index (χ1v) is 10.3. The van der Waals surface area contributed by atoms with Crippen molar-refractivity contribution in [1.29, 1.82) is 0 Å². The van der Waals surface area contributed by atoms with Crippen molar-refractivity contribution in [3.05, 3.63) is 35.9 Å². The van der Waals surface area contributed by atoms with E-state index < -0.39 is 17.6 Å². The Bertz CT molecular complexity index is 742. The Kier molecular flexibility index (Phi) is 6.70. The fourth-order valence-electron chi connectivity index (χ4n) is 4.27. The summed E-state index contributed by atoms with van der Waals surface area (Å²) in [5.74, 6) is -0.910. The highest BCUT2D eigenvalue weighted by Crippen LogP contribution is 2.31. The number of nitrogens with zero attached hydrogens (tertiary/aromatic N) is 2. The zero-order valence-corrected chi connectivity index (χ0v) is 17.5. The van der Waals surface area contributed by atoms with E-state index in [4.69, 9.17) is 4.74 Å². The van der Waals surface area contributed by atoms with Gasteiger partial charge >= 0.3 is 5.97 Å². The zero-order chi connectivity index (χ0) is 21.0. The van der Waals surface area contributed by atoms with Gasteiger partial charge in [0.25, 0.3) is 0 Å². The molecule has 0 aliphatic carbocycles. The number of methoxy groups -OCH3 is 1. The molecule has 0 radical (unpaired) electrons. The van der Waals surface area contributed by atoms with Gasteiger partial charge in [-0.1, -0.05) is 44.2 Å². The lowest BCUT2D eigenvalue weighted by atomic mass is 9.81. The number of ether oxygens (including phenoxy) is 1. The first kappa shape index (κ1) is 21.5. The van der Waals surface area contributed by atoms with Crippen molar-refractivity contribution in [2.75, 3.05) is 26.7 Å². The van der Waals surface area contributed by atoms with E-state index >= 15 is 0 Å². The summed E-state index contributed by atoms with van der Waals surface area (Å²) in [6.07, 6.45) is 1.84. The van der Waals surface area contributed by atoms with Gasteiger partial charge in [0.15, 0.2) is 0 Å². The molecule has 2 saturated heterocycles. The predicted molar refractivity (Wildman–Crippen MR) is 109 cm³/mol. The molecule has 2 aliphatic rings. The number of likely N-dealkylation sites (tertiary alicyclic amines) is 1. The van der Waals surface area contributed by atoms with Crippen molar-refractivity contribution in [3.8, 4) is 0 Å². The number of amides is 2. The molecule has 7 nitrogen and oxygen atoms in total. The Balaban J connectivity index is 1.74. The third-order valence-corrected chi connectivity index (χ3v) is 5.85. The van der Waals surface area contributed by atoms with E-state index in [1.165, 1.54) is 12.7 Å². The number of hydrogen-bond acceptors (Lipinski definition) is 6. The van der Waals surface area contributed by atoms with Gasteiger partial charge in [0, 0.05) is 19.6 Å². The van der Waals surface area contributed by atoms with Crippen LogP contribution in [-0.2, 0) is 25.7 Å². The third-order valence-electron chi connectivity index (χ3n) is 5.85. The Morgan fingerprint density at radius 2 is 1.86 bits per heavy atom. The van der Waals surface area contributed by atoms with E-state index in [-0.39, 0.29) is 18.4 Å². The summed E-state index contributed by atoms with van der Waals surface area (Å²) in [4.78, 5) is 41.4. The van der Waals surface area contributed by atoms with Crippen molar-refractivity contribution in [2.24, 2.45) is 5.92 Å². The first-order valence-electron chi connectivity index (χ1n) is 10.3. The van der Waals surface area contributed by atoms with Crippen molar-refractivity contribution in [1.82, 2.24) is 15.1 Å². The molecule has 0 saturated carbocycles. The Hall–Kier alpha value is -2.25. The maximum Gasteiger partial charge on any atom is 0.325 e. The minimum absolute atomic E-state index is 0.292. The lowest BCUT2D eigenvalue weighted by Crippen LogP contribution is -2.73. The second kappa shape index (κ2) is 9.05. The number of piperidine rings is 1. The van der Waals surface area contributed by atoms with Crippen LogP contribution in [0, 0.1) is 5.92 Å². The van der Waals surface area contributed by atoms with Gasteiger partial charge in [-0.3, -0.25) is 29.5 Å². The van der Waals surface area contributed by atoms with Gasteiger partial charge in [0.2, 0.25) is 11.8 Å². The number of benzene rings is 1. The molecule has 2 amide bonds. The van der Waals surface area contributed by atoms with Crippen LogP contribution in [0.2, 0.25) is 0 Å². The number of piperazine rings is 1. The van der Waals surface area contributed by atoms with E-state index in [0.717, 1.165) is 24.5 Å². The van der Waals surface area contributed by atoms with Crippen LogP contribution in [0.4, 0.5) is 0 Å². The SMILES string of the molecule is COC(=O)CN1C(=O)[C@H](CC(C)C)NC2(CCN(Cc3ccccc3)CC2)C1=O. The van der Waals surface area contributed by atoms with Gasteiger partial charge in [0.1, 0.15) is 12.1 Å². The van der Waals surface area contributed by atoms with Crippen LogP contribution in [0.25, 0.3) is 0 Å². The lowest BCUT2D eigenvalue weighted by molar-refractivity contribution is -0.164. The van der Waals surface area contributed by atoms with E-state index in [1.54, 1.807) is 0 Å². The minimum Gasteiger partial charge on any atom is -0.468 e. The first-order chi connectivity index (χ1) is 13.8. The molecule has 1 atom stereocenters. The summed E-state index contributed by atoms with van der Waals surface area (Å²) in [5, 5.41) is 3.39. The smallest absolute Gasteiger partial charge is 0.325 e. The van der Waals surface area contributed by atoms with E-state index in [1.807, 2.05) is 32.0 Å². The maximum atomic E-state index is 13.3. The average molecular weight is 402 g/mol. The van der Waals surface area contributed by atoms with Gasteiger partial charge < -0.3 is 4.74 Å². The molecule has 0 unspecified atom stereocenters. The summed E-state index contributed by atoms with van der Waals surface area (Å²) in [6.45, 7) is 6.12. The van der Waals surface area contributed by atoms with Gasteiger partial charge in [-0.15, -0.1) is 0 Å². The number of imide groups is 1. The molecule has 1 aromatic rings. The lowest BCUT2D eigenvalue weighted by Gasteiger charge is -2.48. The van der Waals surface area contributed by atoms with Crippen molar-refractivity contribution >= 4 is 17.8 Å². The van der Waals surface area contributed by atoms with E-state index in [2.05, 4.69) is 22.3 Å². The van der Waals surface area contributed by atoms with Gasteiger partial charge in [-0.25, -0.2) is 0 Å². The molecule has 0 bridgehead atoms. The van der Waals surface area contributed by atoms with Crippen molar-refractivity contribution in [2.45, 2.75) is 51.2 Å². The Morgan fingerprint density at radius 1 is 1.21 bits per heavy atom. The van der Waals surface area contributed by atoms with Gasteiger partial charge in [0.05, 0.1) is 13.2 Å². The van der Waals surface area contributed by atoms with Crippen molar-refractivity contribution in [3.63, 3.8) is 0 Å². The third kappa shape index (κ3) is 4.85. The highest BCUT2D eigenvalue weighted by atomic mass is 16.5. The fraction of sp³-hybridized carbons (Fsp3) is 0.591. The number of nitrogens with one attached hydrogen (secondary N) is 1. The highest BCUT2D eigenvalue weighted by Gasteiger charge is 2.52. The van der Waals surface area contributed by atoms with E-state index in [9.17, 15) is 14.4 Å². The second-order valence-corrected chi connectivity index (χ2v) is 8.48. The van der Waals surface area contributed by atoms with Crippen LogP contribution < -0.4 is 5.32 Å². The highest BCUT2D eigenvalue weighted by molar-refractivity contribution is 6.06. The summed E-state index contributed by atoms with van der Waals surface area (Å²) in [5.41, 5.74) is 0.445. The predicted octanol–water partition coefficient (Wildman–Crippen LogP) is 1.57. The van der Waals surface area contributed by atoms with Crippen molar-refractivity contribution < 1.29 is 19.1 Å². The maximum absolute atomic E-state index is 13.3. The Morgan fingerprint density at radius 3 is 2.45 bits per heavy atom. The summed E-state index contributed by atoms with van der Waals surface area (Å²) in [6, 6.07) is 9.80. The zero-order valence-electron chi connectivity index (χ0n) is 17.5. The van der Waals surface area contributed by atoms with Crippen LogP contribution in [0.5, 0.6) is 0 Å². The van der Waals surface area contributed by atoms with Gasteiger partial charge in [-0.05, 0) is 30.7 Å². The largest absolute Gasteiger partial charge is 0.468 e. The number of carbonyl (C=O) groups is 3. The topological polar surface area (TPSA) is 79.0 Å². The van der Waals surface area contributed by atoms with Crippen LogP contribution in [0.3, 0.4) is 0 Å². The standard InChI is InChI=1S/C22H31N3O4/c1-16(2)13-18-20(27)25(15-19(26)29-3)21(28)22(23-18)9-11-24(12-10-22)14-17-7-5-4-6-8-17/h4-8,16,18,23H,9-15H2,1-3H3/t18-/m0/s1. The fourth-order valence-corrected chi connectivity index (χ4v) is 4.27. The molecule has 1 aromatic carbocycles. The number of rotatable bonds is 6. The van der Waals surface area contributed by atoms with E-state index in [0.29, 0.717) is 25.2 Å². The molecule has 1 N–H and O–H groups in total. The Labute approximate surface area is 172 Å². The summed E-state index contributed by atoms with van der Waals surface area (Å²) in [7, 11) is 1.27. The van der Waals surface area contributed by atoms with Crippen LogP contribution in [0.15, 0.2) is 30.3 Å². The molecule has 158 valence electrons. The molecular weight excluding hydrogens is 370 g/mol. The van der Waals surface area contributed by atoms with Crippen LogP contribution >= 0.6 is 0 Å².